The van der Waals surface area contributed by atoms with Gasteiger partial charge in [-0.3, -0.25) is 4.79 Å². The van der Waals surface area contributed by atoms with Gasteiger partial charge in [0.05, 0.1) is 0 Å². The highest BCUT2D eigenvalue weighted by Gasteiger charge is 2.13. The van der Waals surface area contributed by atoms with E-state index in [0.29, 0.717) is 16.0 Å². The van der Waals surface area contributed by atoms with Crippen molar-refractivity contribution in [2.45, 2.75) is 29.9 Å². The van der Waals surface area contributed by atoms with Crippen LogP contribution >= 0.6 is 11.8 Å². The number of hydrazine groups is 1. The summed E-state index contributed by atoms with van der Waals surface area (Å²) in [6.45, 7) is 2.04. The second-order valence-electron chi connectivity index (χ2n) is 3.98. The number of aromatic amines is 1. The van der Waals surface area contributed by atoms with Crippen LogP contribution in [0, 0.1) is 0 Å². The van der Waals surface area contributed by atoms with Crippen LogP contribution in [0.2, 0.25) is 0 Å². The monoisotopic (exact) mass is 293 g/mol. The Morgan fingerprint density at radius 1 is 1.45 bits per heavy atom. The van der Waals surface area contributed by atoms with Crippen LogP contribution in [0.1, 0.15) is 18.9 Å². The Hall–Kier alpha value is -2.13. The molecule has 2 aromatic rings. The first-order valence-corrected chi connectivity index (χ1v) is 6.81. The molecule has 0 spiro atoms. The molecule has 0 amide bonds. The second-order valence-corrected chi connectivity index (χ2v) is 4.96. The molecule has 2 aromatic heterocycles. The van der Waals surface area contributed by atoms with Crippen LogP contribution in [0.3, 0.4) is 0 Å². The number of hydrogen-bond acceptors (Lipinski definition) is 8. The summed E-state index contributed by atoms with van der Waals surface area (Å²) < 4.78 is 0. The molecule has 0 unspecified atom stereocenters. The maximum atomic E-state index is 11.4. The lowest BCUT2D eigenvalue weighted by Gasteiger charge is -2.10. The molecule has 2 rings (SSSR count). The van der Waals surface area contributed by atoms with Gasteiger partial charge in [0.2, 0.25) is 0 Å². The van der Waals surface area contributed by atoms with E-state index in [1.54, 1.807) is 0 Å². The average molecular weight is 293 g/mol. The van der Waals surface area contributed by atoms with E-state index in [0.717, 1.165) is 18.4 Å². The molecule has 0 aliphatic rings. The summed E-state index contributed by atoms with van der Waals surface area (Å²) in [6, 6.07) is 1.23. The molecule has 0 aliphatic carbocycles. The minimum Gasteiger partial charge on any atom is -0.383 e. The van der Waals surface area contributed by atoms with Crippen LogP contribution in [0.5, 0.6) is 0 Å². The highest BCUT2D eigenvalue weighted by Crippen LogP contribution is 2.29. The zero-order valence-corrected chi connectivity index (χ0v) is 11.7. The average Bonchev–Trinajstić information content (AvgIpc) is 2.39. The standard InChI is InChI=1S/C11H15N7OS/c1-2-3-6-9(18-13)14-5-15-10(6)20-11-16-7(12)4-8(19)17-11/h4-5H,2-3,13H2,1H3,(H,14,15,18)(H3,12,16,17,19). The van der Waals surface area contributed by atoms with Gasteiger partial charge in [-0.2, -0.15) is 0 Å². The predicted molar refractivity (Wildman–Crippen MR) is 77.2 cm³/mol. The summed E-state index contributed by atoms with van der Waals surface area (Å²) in [6.07, 6.45) is 3.08. The molecular weight excluding hydrogens is 278 g/mol. The van der Waals surface area contributed by atoms with Gasteiger partial charge in [0.15, 0.2) is 5.16 Å². The van der Waals surface area contributed by atoms with Gasteiger partial charge in [0.25, 0.3) is 5.56 Å². The molecular formula is C11H15N7OS. The number of aromatic nitrogens is 4. The van der Waals surface area contributed by atoms with Gasteiger partial charge in [-0.05, 0) is 18.2 Å². The van der Waals surface area contributed by atoms with E-state index in [4.69, 9.17) is 11.6 Å². The third-order valence-electron chi connectivity index (χ3n) is 2.48. The molecule has 2 heterocycles. The van der Waals surface area contributed by atoms with Gasteiger partial charge in [-0.1, -0.05) is 13.3 Å². The topological polar surface area (TPSA) is 136 Å². The first kappa shape index (κ1) is 14.3. The molecule has 106 valence electrons. The minimum atomic E-state index is -0.303. The van der Waals surface area contributed by atoms with Crippen molar-refractivity contribution in [3.63, 3.8) is 0 Å². The number of rotatable bonds is 5. The van der Waals surface area contributed by atoms with Crippen molar-refractivity contribution in [2.24, 2.45) is 5.84 Å². The number of nitrogens with two attached hydrogens (primary N) is 2. The normalized spacial score (nSPS) is 10.5. The SMILES string of the molecule is CCCc1c(NN)ncnc1Sc1nc(N)cc(=O)[nH]1. The fourth-order valence-electron chi connectivity index (χ4n) is 1.68. The van der Waals surface area contributed by atoms with Gasteiger partial charge in [-0.25, -0.2) is 20.8 Å². The van der Waals surface area contributed by atoms with Crippen LogP contribution < -0.4 is 22.6 Å². The molecule has 0 saturated heterocycles. The number of H-pyrrole nitrogens is 1. The molecule has 0 radical (unpaired) electrons. The molecule has 9 heteroatoms. The van der Waals surface area contributed by atoms with Gasteiger partial charge in [0.1, 0.15) is 23.0 Å². The lowest BCUT2D eigenvalue weighted by molar-refractivity contribution is 0.851. The van der Waals surface area contributed by atoms with E-state index < -0.39 is 0 Å². The highest BCUT2D eigenvalue weighted by atomic mass is 32.2. The van der Waals surface area contributed by atoms with Crippen molar-refractivity contribution < 1.29 is 0 Å². The molecule has 0 aliphatic heterocycles. The maximum absolute atomic E-state index is 11.4. The van der Waals surface area contributed by atoms with E-state index in [-0.39, 0.29) is 11.4 Å². The second kappa shape index (κ2) is 6.35. The number of anilines is 2. The van der Waals surface area contributed by atoms with Crippen LogP contribution in [-0.4, -0.2) is 19.9 Å². The Kier molecular flexibility index (Phi) is 4.53. The fraction of sp³-hybridized carbons (Fsp3) is 0.273. The minimum absolute atomic E-state index is 0.166. The van der Waals surface area contributed by atoms with Gasteiger partial charge >= 0.3 is 0 Å². The molecule has 0 aromatic carbocycles. The number of nitrogens with zero attached hydrogens (tertiary/aromatic N) is 3. The maximum Gasteiger partial charge on any atom is 0.253 e. The van der Waals surface area contributed by atoms with Crippen LogP contribution in [0.15, 0.2) is 27.4 Å². The van der Waals surface area contributed by atoms with Crippen molar-refractivity contribution in [1.29, 1.82) is 0 Å². The Morgan fingerprint density at radius 2 is 2.25 bits per heavy atom. The first-order chi connectivity index (χ1) is 9.63. The third-order valence-corrected chi connectivity index (χ3v) is 3.41. The van der Waals surface area contributed by atoms with Gasteiger partial charge < -0.3 is 16.1 Å². The Bertz CT molecular complexity index is 657. The number of nitrogens with one attached hydrogen (secondary N) is 2. The van der Waals surface area contributed by atoms with Crippen LogP contribution in [0.4, 0.5) is 11.6 Å². The summed E-state index contributed by atoms with van der Waals surface area (Å²) in [7, 11) is 0. The molecule has 0 bridgehead atoms. The summed E-state index contributed by atoms with van der Waals surface area (Å²) >= 11 is 1.22. The summed E-state index contributed by atoms with van der Waals surface area (Å²) in [5.41, 5.74) is 8.68. The molecule has 0 fully saturated rings. The molecule has 8 nitrogen and oxygen atoms in total. The molecule has 6 N–H and O–H groups in total. The number of nitrogen functional groups attached to an aromatic ring is 2. The van der Waals surface area contributed by atoms with Crippen molar-refractivity contribution in [1.82, 2.24) is 19.9 Å². The van der Waals surface area contributed by atoms with Gasteiger partial charge in [0, 0.05) is 11.6 Å². The zero-order chi connectivity index (χ0) is 14.5. The van der Waals surface area contributed by atoms with Gasteiger partial charge in [-0.15, -0.1) is 0 Å². The third kappa shape index (κ3) is 3.25. The van der Waals surface area contributed by atoms with Crippen molar-refractivity contribution >= 4 is 23.4 Å². The van der Waals surface area contributed by atoms with Crippen molar-refractivity contribution in [3.05, 3.63) is 28.3 Å². The van der Waals surface area contributed by atoms with Crippen molar-refractivity contribution in [3.8, 4) is 0 Å². The Labute approximate surface area is 119 Å². The fourth-order valence-corrected chi connectivity index (χ4v) is 2.58. The van der Waals surface area contributed by atoms with E-state index in [9.17, 15) is 4.79 Å². The molecule has 0 saturated carbocycles. The molecule has 0 atom stereocenters. The molecule has 20 heavy (non-hydrogen) atoms. The Balaban J connectivity index is 2.39. The predicted octanol–water partition coefficient (Wildman–Crippen LogP) is 0.531. The van der Waals surface area contributed by atoms with E-state index in [1.165, 1.54) is 24.2 Å². The number of hydrogen-bond donors (Lipinski definition) is 4. The smallest absolute Gasteiger partial charge is 0.253 e. The first-order valence-electron chi connectivity index (χ1n) is 5.99. The van der Waals surface area contributed by atoms with Crippen LogP contribution in [-0.2, 0) is 6.42 Å². The quantitative estimate of drug-likeness (QED) is 0.271. The highest BCUT2D eigenvalue weighted by molar-refractivity contribution is 7.99. The largest absolute Gasteiger partial charge is 0.383 e. The Morgan fingerprint density at radius 3 is 2.90 bits per heavy atom. The summed E-state index contributed by atoms with van der Waals surface area (Å²) in [4.78, 5) is 26.3. The lowest BCUT2D eigenvalue weighted by atomic mass is 10.2. The van der Waals surface area contributed by atoms with E-state index >= 15 is 0 Å². The van der Waals surface area contributed by atoms with Crippen molar-refractivity contribution in [2.75, 3.05) is 11.2 Å². The zero-order valence-electron chi connectivity index (χ0n) is 10.9. The van der Waals surface area contributed by atoms with Crippen LogP contribution in [0.25, 0.3) is 0 Å². The lowest BCUT2D eigenvalue weighted by Crippen LogP contribution is -2.13. The van der Waals surface area contributed by atoms with E-state index in [1.807, 2.05) is 6.92 Å². The summed E-state index contributed by atoms with van der Waals surface area (Å²) in [5.74, 6) is 6.18. The van der Waals surface area contributed by atoms with E-state index in [2.05, 4.69) is 25.4 Å². The summed E-state index contributed by atoms with van der Waals surface area (Å²) in [5, 5.41) is 1.07.